The Hall–Kier alpha value is -2.82. The van der Waals surface area contributed by atoms with Crippen molar-refractivity contribution in [1.29, 1.82) is 0 Å². The molecule has 5 heteroatoms. The van der Waals surface area contributed by atoms with Crippen molar-refractivity contribution in [3.63, 3.8) is 0 Å². The van der Waals surface area contributed by atoms with Crippen molar-refractivity contribution >= 4 is 11.9 Å². The van der Waals surface area contributed by atoms with Gasteiger partial charge in [0.1, 0.15) is 5.75 Å². The lowest BCUT2D eigenvalue weighted by Gasteiger charge is -2.27. The Kier molecular flexibility index (Phi) is 6.12. The van der Waals surface area contributed by atoms with E-state index >= 15 is 0 Å². The lowest BCUT2D eigenvalue weighted by Crippen LogP contribution is -2.39. The fraction of sp³-hybridized carbons (Fsp3) is 0.364. The molecule has 27 heavy (non-hydrogen) atoms. The van der Waals surface area contributed by atoms with Crippen LogP contribution in [0, 0.1) is 0 Å². The van der Waals surface area contributed by atoms with Gasteiger partial charge in [0.05, 0.1) is 19.6 Å². The first-order valence-corrected chi connectivity index (χ1v) is 9.27. The molecule has 5 nitrogen and oxygen atoms in total. The van der Waals surface area contributed by atoms with Gasteiger partial charge in [-0.25, -0.2) is 0 Å². The van der Waals surface area contributed by atoms with Gasteiger partial charge in [0, 0.05) is 0 Å². The van der Waals surface area contributed by atoms with Crippen molar-refractivity contribution in [2.24, 2.45) is 0 Å². The molecule has 0 heterocycles. The summed E-state index contributed by atoms with van der Waals surface area (Å²) in [4.78, 5) is 24.6. The zero-order valence-corrected chi connectivity index (χ0v) is 15.7. The number of ether oxygens (including phenoxy) is 2. The van der Waals surface area contributed by atoms with E-state index in [0.29, 0.717) is 0 Å². The monoisotopic (exact) mass is 367 g/mol. The van der Waals surface area contributed by atoms with E-state index in [1.165, 1.54) is 5.56 Å². The van der Waals surface area contributed by atoms with Crippen molar-refractivity contribution in [3.05, 3.63) is 65.2 Å². The fourth-order valence-corrected chi connectivity index (χ4v) is 3.40. The van der Waals surface area contributed by atoms with Gasteiger partial charge in [-0.2, -0.15) is 0 Å². The van der Waals surface area contributed by atoms with Gasteiger partial charge in [-0.3, -0.25) is 9.59 Å². The Morgan fingerprint density at radius 3 is 2.63 bits per heavy atom. The molecule has 142 valence electrons. The van der Waals surface area contributed by atoms with Crippen molar-refractivity contribution in [3.8, 4) is 5.75 Å². The zero-order chi connectivity index (χ0) is 19.2. The Morgan fingerprint density at radius 1 is 1.15 bits per heavy atom. The first-order chi connectivity index (χ1) is 13.1. The van der Waals surface area contributed by atoms with E-state index in [-0.39, 0.29) is 18.4 Å². The number of carbonyl (C=O) groups excluding carboxylic acids is 2. The third kappa shape index (κ3) is 4.88. The molecular weight excluding hydrogens is 342 g/mol. The second-order valence-electron chi connectivity index (χ2n) is 6.81. The molecule has 1 N–H and O–H groups in total. The van der Waals surface area contributed by atoms with Gasteiger partial charge in [-0.1, -0.05) is 36.4 Å². The van der Waals surface area contributed by atoms with Crippen LogP contribution in [0.4, 0.5) is 0 Å². The van der Waals surface area contributed by atoms with Gasteiger partial charge in [-0.05, 0) is 55.0 Å². The molecule has 0 spiro atoms. The molecule has 0 aliphatic heterocycles. The Balaban J connectivity index is 1.54. The van der Waals surface area contributed by atoms with Gasteiger partial charge in [0.15, 0.2) is 6.10 Å². The quantitative estimate of drug-likeness (QED) is 0.795. The largest absolute Gasteiger partial charge is 0.497 e. The predicted octanol–water partition coefficient (Wildman–Crippen LogP) is 3.36. The average molecular weight is 367 g/mol. The maximum atomic E-state index is 12.5. The molecule has 2 aromatic carbocycles. The SMILES string of the molecule is COc1ccc(CC(=O)O[C@@H](C)C(=O)N[C@H]2CCCc3ccccc32)cc1. The first kappa shape index (κ1) is 19.0. The van der Waals surface area contributed by atoms with Crippen molar-refractivity contribution in [2.75, 3.05) is 7.11 Å². The first-order valence-electron chi connectivity index (χ1n) is 9.27. The van der Waals surface area contributed by atoms with E-state index < -0.39 is 12.1 Å². The summed E-state index contributed by atoms with van der Waals surface area (Å²) >= 11 is 0. The van der Waals surface area contributed by atoms with Crippen LogP contribution in [0.25, 0.3) is 0 Å². The molecule has 1 amide bonds. The number of hydrogen-bond donors (Lipinski definition) is 1. The van der Waals surface area contributed by atoms with E-state index in [9.17, 15) is 9.59 Å². The molecule has 0 saturated carbocycles. The number of benzene rings is 2. The molecule has 0 radical (unpaired) electrons. The van der Waals surface area contributed by atoms with Crippen LogP contribution >= 0.6 is 0 Å². The summed E-state index contributed by atoms with van der Waals surface area (Å²) in [6.07, 6.45) is 2.26. The summed E-state index contributed by atoms with van der Waals surface area (Å²) in [5.74, 6) is 0.0410. The number of fused-ring (bicyclic) bond motifs is 1. The average Bonchev–Trinajstić information content (AvgIpc) is 2.68. The van der Waals surface area contributed by atoms with E-state index in [0.717, 1.165) is 36.1 Å². The third-order valence-corrected chi connectivity index (χ3v) is 4.87. The molecule has 2 atom stereocenters. The number of amides is 1. The van der Waals surface area contributed by atoms with E-state index in [4.69, 9.17) is 9.47 Å². The van der Waals surface area contributed by atoms with Crippen LogP contribution in [0.5, 0.6) is 5.75 Å². The minimum atomic E-state index is -0.829. The molecule has 1 aliphatic carbocycles. The van der Waals surface area contributed by atoms with Crippen LogP contribution in [-0.2, 0) is 27.2 Å². The summed E-state index contributed by atoms with van der Waals surface area (Å²) in [6.45, 7) is 1.61. The molecule has 0 aromatic heterocycles. The number of hydrogen-bond acceptors (Lipinski definition) is 4. The smallest absolute Gasteiger partial charge is 0.311 e. The van der Waals surface area contributed by atoms with Crippen molar-refractivity contribution in [2.45, 2.75) is 44.8 Å². The van der Waals surface area contributed by atoms with Gasteiger partial charge < -0.3 is 14.8 Å². The van der Waals surface area contributed by atoms with Crippen LogP contribution in [-0.4, -0.2) is 25.1 Å². The van der Waals surface area contributed by atoms with Gasteiger partial charge in [0.2, 0.25) is 0 Å². The van der Waals surface area contributed by atoms with Crippen molar-refractivity contribution in [1.82, 2.24) is 5.32 Å². The molecule has 0 fully saturated rings. The van der Waals surface area contributed by atoms with E-state index in [1.807, 2.05) is 24.3 Å². The van der Waals surface area contributed by atoms with Crippen LogP contribution in [0.2, 0.25) is 0 Å². The van der Waals surface area contributed by atoms with Gasteiger partial charge in [0.25, 0.3) is 5.91 Å². The maximum absolute atomic E-state index is 12.5. The minimum absolute atomic E-state index is 0.0230. The predicted molar refractivity (Wildman–Crippen MR) is 103 cm³/mol. The molecule has 2 aromatic rings. The highest BCUT2D eigenvalue weighted by Crippen LogP contribution is 2.29. The van der Waals surface area contributed by atoms with Crippen LogP contribution in [0.15, 0.2) is 48.5 Å². The van der Waals surface area contributed by atoms with E-state index in [1.54, 1.807) is 26.2 Å². The fourth-order valence-electron chi connectivity index (χ4n) is 3.40. The Labute approximate surface area is 159 Å². The highest BCUT2D eigenvalue weighted by atomic mass is 16.5. The molecule has 1 aliphatic rings. The normalized spacial score (nSPS) is 16.7. The number of rotatable bonds is 6. The molecular formula is C22H25NO4. The third-order valence-electron chi connectivity index (χ3n) is 4.87. The van der Waals surface area contributed by atoms with Crippen LogP contribution in [0.1, 0.15) is 42.5 Å². The van der Waals surface area contributed by atoms with E-state index in [2.05, 4.69) is 17.4 Å². The topological polar surface area (TPSA) is 64.6 Å². The molecule has 0 saturated heterocycles. The Bertz CT molecular complexity index is 800. The van der Waals surface area contributed by atoms with Crippen LogP contribution in [0.3, 0.4) is 0 Å². The summed E-state index contributed by atoms with van der Waals surface area (Å²) in [5, 5.41) is 3.03. The second kappa shape index (κ2) is 8.71. The lowest BCUT2D eigenvalue weighted by molar-refractivity contribution is -0.154. The lowest BCUT2D eigenvalue weighted by atomic mass is 9.87. The molecule has 3 rings (SSSR count). The highest BCUT2D eigenvalue weighted by Gasteiger charge is 2.25. The maximum Gasteiger partial charge on any atom is 0.311 e. The van der Waals surface area contributed by atoms with Gasteiger partial charge in [-0.15, -0.1) is 0 Å². The number of esters is 1. The summed E-state index contributed by atoms with van der Waals surface area (Å²) < 4.78 is 10.4. The molecule has 0 bridgehead atoms. The van der Waals surface area contributed by atoms with Gasteiger partial charge >= 0.3 is 5.97 Å². The Morgan fingerprint density at radius 2 is 1.89 bits per heavy atom. The number of methoxy groups -OCH3 is 1. The summed E-state index contributed by atoms with van der Waals surface area (Å²) in [6, 6.07) is 15.3. The number of carbonyl (C=O) groups is 2. The summed E-state index contributed by atoms with van der Waals surface area (Å²) in [7, 11) is 1.59. The van der Waals surface area contributed by atoms with Crippen LogP contribution < -0.4 is 10.1 Å². The summed E-state index contributed by atoms with van der Waals surface area (Å²) in [5.41, 5.74) is 3.25. The number of nitrogens with one attached hydrogen (secondary N) is 1. The molecule has 0 unspecified atom stereocenters. The van der Waals surface area contributed by atoms with Crippen molar-refractivity contribution < 1.29 is 19.1 Å². The highest BCUT2D eigenvalue weighted by molar-refractivity contribution is 5.84. The number of aryl methyl sites for hydroxylation is 1. The second-order valence-corrected chi connectivity index (χ2v) is 6.81. The minimum Gasteiger partial charge on any atom is -0.497 e. The standard InChI is InChI=1S/C22H25NO4/c1-15(27-21(24)14-16-10-12-18(26-2)13-11-16)22(25)23-20-9-5-7-17-6-3-4-8-19(17)20/h3-4,6,8,10-13,15,20H,5,7,9,14H2,1-2H3,(H,23,25)/t15-,20-/m0/s1. The zero-order valence-electron chi connectivity index (χ0n) is 15.7.